The minimum Gasteiger partial charge on any atom is -0.494 e. The van der Waals surface area contributed by atoms with E-state index < -0.39 is 0 Å². The smallest absolute Gasteiger partial charge is 0.224 e. The summed E-state index contributed by atoms with van der Waals surface area (Å²) in [6.45, 7) is 0.522. The average molecular weight is 270 g/mol. The Morgan fingerprint density at radius 2 is 1.90 bits per heavy atom. The summed E-state index contributed by atoms with van der Waals surface area (Å²) in [5, 5.41) is 2.81. The van der Waals surface area contributed by atoms with Crippen LogP contribution in [0, 0.1) is 0 Å². The molecule has 0 bridgehead atoms. The lowest BCUT2D eigenvalue weighted by Gasteiger charge is -2.07. The van der Waals surface area contributed by atoms with Gasteiger partial charge < -0.3 is 15.8 Å². The highest BCUT2D eigenvalue weighted by atomic mass is 16.5. The number of para-hydroxylation sites is 1. The van der Waals surface area contributed by atoms with Crippen LogP contribution < -0.4 is 15.8 Å². The van der Waals surface area contributed by atoms with Crippen molar-refractivity contribution in [1.29, 1.82) is 0 Å². The Balaban J connectivity index is 1.68. The lowest BCUT2D eigenvalue weighted by molar-refractivity contribution is -0.116. The summed E-state index contributed by atoms with van der Waals surface area (Å²) in [7, 11) is 0. The zero-order valence-electron chi connectivity index (χ0n) is 11.2. The maximum absolute atomic E-state index is 11.7. The van der Waals surface area contributed by atoms with Gasteiger partial charge in [0.1, 0.15) is 5.75 Å². The van der Waals surface area contributed by atoms with Gasteiger partial charge in [0.05, 0.1) is 6.61 Å². The van der Waals surface area contributed by atoms with Crippen LogP contribution in [-0.4, -0.2) is 12.5 Å². The highest BCUT2D eigenvalue weighted by Gasteiger charge is 2.02. The minimum absolute atomic E-state index is 0.0349. The van der Waals surface area contributed by atoms with Crippen LogP contribution in [0.25, 0.3) is 0 Å². The van der Waals surface area contributed by atoms with E-state index >= 15 is 0 Å². The summed E-state index contributed by atoms with van der Waals surface area (Å²) in [5.74, 6) is 0.788. The Bertz CT molecular complexity index is 555. The largest absolute Gasteiger partial charge is 0.494 e. The van der Waals surface area contributed by atoms with Crippen LogP contribution in [-0.2, 0) is 4.79 Å². The third kappa shape index (κ3) is 4.65. The Morgan fingerprint density at radius 3 is 2.65 bits per heavy atom. The molecule has 0 unspecified atom stereocenters. The molecule has 3 N–H and O–H groups in total. The van der Waals surface area contributed by atoms with Crippen molar-refractivity contribution in [3.8, 4) is 5.75 Å². The number of carbonyl (C=O) groups is 1. The van der Waals surface area contributed by atoms with E-state index in [4.69, 9.17) is 10.5 Å². The molecule has 0 heterocycles. The maximum Gasteiger partial charge on any atom is 0.224 e. The van der Waals surface area contributed by atoms with Crippen LogP contribution in [0.4, 0.5) is 11.4 Å². The van der Waals surface area contributed by atoms with Crippen molar-refractivity contribution >= 4 is 17.3 Å². The quantitative estimate of drug-likeness (QED) is 0.626. The molecule has 0 aromatic heterocycles. The molecule has 4 heteroatoms. The van der Waals surface area contributed by atoms with Crippen molar-refractivity contribution < 1.29 is 9.53 Å². The number of hydrogen-bond acceptors (Lipinski definition) is 3. The Morgan fingerprint density at radius 1 is 1.10 bits per heavy atom. The van der Waals surface area contributed by atoms with E-state index in [1.807, 2.05) is 42.5 Å². The highest BCUT2D eigenvalue weighted by molar-refractivity contribution is 5.91. The summed E-state index contributed by atoms with van der Waals surface area (Å²) in [6.07, 6.45) is 1.09. The highest BCUT2D eigenvalue weighted by Crippen LogP contribution is 2.12. The van der Waals surface area contributed by atoms with E-state index in [2.05, 4.69) is 5.32 Å². The van der Waals surface area contributed by atoms with Gasteiger partial charge in [-0.05, 0) is 36.8 Å². The van der Waals surface area contributed by atoms with Crippen molar-refractivity contribution in [3.63, 3.8) is 0 Å². The number of nitrogens with one attached hydrogen (secondary N) is 1. The van der Waals surface area contributed by atoms with E-state index in [0.717, 1.165) is 11.4 Å². The van der Waals surface area contributed by atoms with Gasteiger partial charge in [0.2, 0.25) is 5.91 Å². The van der Waals surface area contributed by atoms with Crippen LogP contribution in [0.3, 0.4) is 0 Å². The van der Waals surface area contributed by atoms with Crippen LogP contribution in [0.1, 0.15) is 12.8 Å². The fourth-order valence-electron chi connectivity index (χ4n) is 1.78. The van der Waals surface area contributed by atoms with E-state index in [-0.39, 0.29) is 5.91 Å². The second kappa shape index (κ2) is 7.19. The van der Waals surface area contributed by atoms with Gasteiger partial charge in [-0.2, -0.15) is 0 Å². The molecular formula is C16H18N2O2. The average Bonchev–Trinajstić information content (AvgIpc) is 2.45. The van der Waals surface area contributed by atoms with Gasteiger partial charge in [0, 0.05) is 17.8 Å². The molecule has 0 aliphatic rings. The predicted octanol–water partition coefficient (Wildman–Crippen LogP) is 3.07. The fraction of sp³-hybridized carbons (Fsp3) is 0.188. The second-order valence-corrected chi connectivity index (χ2v) is 4.44. The molecule has 0 radical (unpaired) electrons. The first-order valence-electron chi connectivity index (χ1n) is 6.57. The lowest BCUT2D eigenvalue weighted by Crippen LogP contribution is -2.12. The topological polar surface area (TPSA) is 64.3 Å². The molecule has 2 aromatic rings. The molecule has 20 heavy (non-hydrogen) atoms. The van der Waals surface area contributed by atoms with Gasteiger partial charge in [-0.1, -0.05) is 24.3 Å². The Hall–Kier alpha value is -2.49. The van der Waals surface area contributed by atoms with Crippen LogP contribution in [0.5, 0.6) is 5.75 Å². The molecule has 4 nitrogen and oxygen atoms in total. The van der Waals surface area contributed by atoms with E-state index in [1.54, 1.807) is 12.1 Å². The van der Waals surface area contributed by atoms with Crippen LogP contribution in [0.15, 0.2) is 54.6 Å². The van der Waals surface area contributed by atoms with Crippen molar-refractivity contribution in [3.05, 3.63) is 54.6 Å². The lowest BCUT2D eigenvalue weighted by atomic mass is 10.2. The SMILES string of the molecule is Nc1cccc(NC(=O)CCCOc2ccccc2)c1. The van der Waals surface area contributed by atoms with E-state index in [1.165, 1.54) is 0 Å². The van der Waals surface area contributed by atoms with Crippen LogP contribution >= 0.6 is 0 Å². The first kappa shape index (κ1) is 13.9. The molecule has 2 aromatic carbocycles. The predicted molar refractivity (Wildman–Crippen MR) is 80.7 cm³/mol. The molecule has 104 valence electrons. The van der Waals surface area contributed by atoms with Crippen molar-refractivity contribution in [2.75, 3.05) is 17.7 Å². The number of hydrogen-bond donors (Lipinski definition) is 2. The fourth-order valence-corrected chi connectivity index (χ4v) is 1.78. The number of benzene rings is 2. The third-order valence-electron chi connectivity index (χ3n) is 2.73. The zero-order chi connectivity index (χ0) is 14.2. The van der Waals surface area contributed by atoms with Gasteiger partial charge in [-0.3, -0.25) is 4.79 Å². The Kier molecular flexibility index (Phi) is 5.00. The number of anilines is 2. The molecule has 0 atom stereocenters. The molecule has 2 rings (SSSR count). The molecule has 0 aliphatic carbocycles. The number of ether oxygens (including phenoxy) is 1. The third-order valence-corrected chi connectivity index (χ3v) is 2.73. The minimum atomic E-state index is -0.0349. The van der Waals surface area contributed by atoms with Crippen LogP contribution in [0.2, 0.25) is 0 Å². The van der Waals surface area contributed by atoms with Crippen molar-refractivity contribution in [1.82, 2.24) is 0 Å². The number of nitrogen functional groups attached to an aromatic ring is 1. The summed E-state index contributed by atoms with van der Waals surface area (Å²) in [6, 6.07) is 16.7. The number of rotatable bonds is 6. The molecule has 1 amide bonds. The van der Waals surface area contributed by atoms with Gasteiger partial charge in [0.15, 0.2) is 0 Å². The zero-order valence-corrected chi connectivity index (χ0v) is 11.2. The first-order chi connectivity index (χ1) is 9.74. The molecule has 0 saturated carbocycles. The van der Waals surface area contributed by atoms with Crippen molar-refractivity contribution in [2.45, 2.75) is 12.8 Å². The van der Waals surface area contributed by atoms with Gasteiger partial charge in [-0.25, -0.2) is 0 Å². The Labute approximate surface area is 118 Å². The summed E-state index contributed by atoms with van der Waals surface area (Å²) >= 11 is 0. The normalized spacial score (nSPS) is 10.0. The van der Waals surface area contributed by atoms with Gasteiger partial charge in [0.25, 0.3) is 0 Å². The number of amides is 1. The molecule has 0 saturated heterocycles. The van der Waals surface area contributed by atoms with Crippen molar-refractivity contribution in [2.24, 2.45) is 0 Å². The molecule has 0 spiro atoms. The first-order valence-corrected chi connectivity index (χ1v) is 6.57. The second-order valence-electron chi connectivity index (χ2n) is 4.44. The number of nitrogens with two attached hydrogens (primary N) is 1. The monoisotopic (exact) mass is 270 g/mol. The van der Waals surface area contributed by atoms with Gasteiger partial charge >= 0.3 is 0 Å². The molecule has 0 fully saturated rings. The molecular weight excluding hydrogens is 252 g/mol. The summed E-state index contributed by atoms with van der Waals surface area (Å²) < 4.78 is 5.53. The number of carbonyl (C=O) groups excluding carboxylic acids is 1. The molecule has 0 aliphatic heterocycles. The summed E-state index contributed by atoms with van der Waals surface area (Å²) in [4.78, 5) is 11.7. The standard InChI is InChI=1S/C16H18N2O2/c17-13-6-4-7-14(12-13)18-16(19)10-5-11-20-15-8-2-1-3-9-15/h1-4,6-9,12H,5,10-11,17H2,(H,18,19). The maximum atomic E-state index is 11.7. The summed E-state index contributed by atoms with van der Waals surface area (Å²) in [5.41, 5.74) is 7.00. The van der Waals surface area contributed by atoms with E-state index in [0.29, 0.717) is 25.1 Å². The van der Waals surface area contributed by atoms with E-state index in [9.17, 15) is 4.79 Å². The van der Waals surface area contributed by atoms with Gasteiger partial charge in [-0.15, -0.1) is 0 Å².